The molecular formula is C7H7O. The molecule has 1 nitrogen and oxygen atoms in total. The molecule has 1 aromatic heterocycles. The molecule has 0 spiro atoms. The molecule has 0 amide bonds. The minimum absolute atomic E-state index is 0.771. The zero-order chi connectivity index (χ0) is 5.82. The Kier molecular flexibility index (Phi) is 1.52. The van der Waals surface area contributed by atoms with E-state index in [9.17, 15) is 0 Å². The van der Waals surface area contributed by atoms with Crippen molar-refractivity contribution in [2.75, 3.05) is 0 Å². The van der Waals surface area contributed by atoms with Gasteiger partial charge >= 0.3 is 0 Å². The van der Waals surface area contributed by atoms with E-state index in [4.69, 9.17) is 4.42 Å². The summed E-state index contributed by atoms with van der Waals surface area (Å²) < 4.78 is 4.95. The second-order valence-corrected chi connectivity index (χ2v) is 1.48. The summed E-state index contributed by atoms with van der Waals surface area (Å²) in [6.45, 7) is 3.56. The van der Waals surface area contributed by atoms with E-state index in [1.165, 1.54) is 0 Å². The van der Waals surface area contributed by atoms with Crippen molar-refractivity contribution in [3.05, 3.63) is 36.8 Å². The molecule has 0 unspecified atom stereocenters. The zero-order valence-electron chi connectivity index (χ0n) is 4.55. The van der Waals surface area contributed by atoms with E-state index in [2.05, 4.69) is 12.6 Å². The summed E-state index contributed by atoms with van der Waals surface area (Å²) in [5.41, 5.74) is 0. The van der Waals surface area contributed by atoms with E-state index in [0.29, 0.717) is 0 Å². The van der Waals surface area contributed by atoms with E-state index >= 15 is 0 Å². The monoisotopic (exact) mass is 107 g/mol. The van der Waals surface area contributed by atoms with Crippen molar-refractivity contribution >= 4 is 0 Å². The Hall–Kier alpha value is -0.980. The van der Waals surface area contributed by atoms with Crippen LogP contribution < -0.4 is 0 Å². The van der Waals surface area contributed by atoms with Crippen molar-refractivity contribution < 1.29 is 4.42 Å². The van der Waals surface area contributed by atoms with Crippen LogP contribution in [0.15, 0.2) is 29.4 Å². The number of hydrogen-bond acceptors (Lipinski definition) is 1. The molecular weight excluding hydrogens is 100 g/mol. The molecule has 1 aromatic rings. The first kappa shape index (κ1) is 5.16. The molecule has 0 atom stereocenters. The van der Waals surface area contributed by atoms with Gasteiger partial charge in [-0.3, -0.25) is 0 Å². The summed E-state index contributed by atoms with van der Waals surface area (Å²) in [5, 5.41) is 0. The molecule has 0 bridgehead atoms. The topological polar surface area (TPSA) is 13.1 Å². The first-order valence-electron chi connectivity index (χ1n) is 2.48. The Morgan fingerprint density at radius 2 is 2.75 bits per heavy atom. The van der Waals surface area contributed by atoms with Gasteiger partial charge in [0.2, 0.25) is 0 Å². The Balaban J connectivity index is 2.62. The molecule has 0 aromatic carbocycles. The van der Waals surface area contributed by atoms with Crippen LogP contribution in [0.3, 0.4) is 0 Å². The number of rotatable bonds is 2. The summed E-state index contributed by atoms with van der Waals surface area (Å²) in [5.74, 6) is 0.847. The quantitative estimate of drug-likeness (QED) is 0.525. The van der Waals surface area contributed by atoms with Gasteiger partial charge in [-0.05, 0) is 6.07 Å². The molecule has 41 valence electrons. The predicted octanol–water partition coefficient (Wildman–Crippen LogP) is 1.81. The Morgan fingerprint density at radius 3 is 3.25 bits per heavy atom. The first-order valence-corrected chi connectivity index (χ1v) is 2.48. The summed E-state index contributed by atoms with van der Waals surface area (Å²) in [7, 11) is 0. The second-order valence-electron chi connectivity index (χ2n) is 1.48. The molecule has 0 aliphatic carbocycles. The van der Waals surface area contributed by atoms with E-state index in [1.54, 1.807) is 18.4 Å². The third kappa shape index (κ3) is 0.997. The highest BCUT2D eigenvalue weighted by molar-refractivity contribution is 4.99. The summed E-state index contributed by atoms with van der Waals surface area (Å²) in [4.78, 5) is 0. The van der Waals surface area contributed by atoms with Crippen LogP contribution in [0, 0.1) is 6.07 Å². The standard InChI is InChI=1S/C7H7O/c1-2-4-7-5-3-6-8-7/h2-3,6H,1,4H2. The largest absolute Gasteiger partial charge is 0.468 e. The van der Waals surface area contributed by atoms with Crippen LogP contribution in [-0.2, 0) is 6.42 Å². The van der Waals surface area contributed by atoms with Crippen molar-refractivity contribution in [1.82, 2.24) is 0 Å². The smallest absolute Gasteiger partial charge is 0.115 e. The van der Waals surface area contributed by atoms with E-state index < -0.39 is 0 Å². The van der Waals surface area contributed by atoms with Crippen LogP contribution in [-0.4, -0.2) is 0 Å². The molecule has 0 fully saturated rings. The fraction of sp³-hybridized carbons (Fsp3) is 0.143. The van der Waals surface area contributed by atoms with Gasteiger partial charge in [0, 0.05) is 12.5 Å². The molecule has 0 N–H and O–H groups in total. The highest BCUT2D eigenvalue weighted by Crippen LogP contribution is 1.98. The van der Waals surface area contributed by atoms with Gasteiger partial charge in [0.05, 0.1) is 6.26 Å². The predicted molar refractivity (Wildman–Crippen MR) is 31.4 cm³/mol. The molecule has 1 radical (unpaired) electrons. The summed E-state index contributed by atoms with van der Waals surface area (Å²) >= 11 is 0. The van der Waals surface area contributed by atoms with Gasteiger partial charge in [0.1, 0.15) is 5.76 Å². The molecule has 0 saturated carbocycles. The van der Waals surface area contributed by atoms with E-state index in [-0.39, 0.29) is 0 Å². The van der Waals surface area contributed by atoms with Gasteiger partial charge in [-0.25, -0.2) is 0 Å². The van der Waals surface area contributed by atoms with Gasteiger partial charge in [0.15, 0.2) is 0 Å². The average molecular weight is 107 g/mol. The molecule has 0 aliphatic rings. The third-order valence-corrected chi connectivity index (χ3v) is 0.852. The van der Waals surface area contributed by atoms with Gasteiger partial charge in [-0.2, -0.15) is 0 Å². The fourth-order valence-corrected chi connectivity index (χ4v) is 0.515. The number of furan rings is 1. The van der Waals surface area contributed by atoms with Gasteiger partial charge in [0.25, 0.3) is 0 Å². The molecule has 1 heteroatoms. The lowest BCUT2D eigenvalue weighted by atomic mass is 10.3. The lowest BCUT2D eigenvalue weighted by Gasteiger charge is -1.81. The molecule has 0 aliphatic heterocycles. The Bertz CT molecular complexity index is 151. The average Bonchev–Trinajstić information content (AvgIpc) is 2.19. The van der Waals surface area contributed by atoms with Crippen molar-refractivity contribution in [3.8, 4) is 0 Å². The lowest BCUT2D eigenvalue weighted by Crippen LogP contribution is -1.70. The second kappa shape index (κ2) is 2.36. The lowest BCUT2D eigenvalue weighted by molar-refractivity contribution is 0.522. The normalized spacial score (nSPS) is 9.00. The van der Waals surface area contributed by atoms with Crippen LogP contribution in [0.2, 0.25) is 0 Å². The fourth-order valence-electron chi connectivity index (χ4n) is 0.515. The van der Waals surface area contributed by atoms with E-state index in [1.807, 2.05) is 0 Å². The first-order chi connectivity index (χ1) is 3.93. The van der Waals surface area contributed by atoms with Crippen LogP contribution >= 0.6 is 0 Å². The maximum atomic E-state index is 4.95. The minimum Gasteiger partial charge on any atom is -0.468 e. The highest BCUT2D eigenvalue weighted by atomic mass is 16.3. The molecule has 1 heterocycles. The molecule has 8 heavy (non-hydrogen) atoms. The van der Waals surface area contributed by atoms with Crippen LogP contribution in [0.5, 0.6) is 0 Å². The minimum atomic E-state index is 0.771. The van der Waals surface area contributed by atoms with E-state index in [0.717, 1.165) is 12.2 Å². The number of allylic oxidation sites excluding steroid dienone is 1. The van der Waals surface area contributed by atoms with Gasteiger partial charge in [-0.1, -0.05) is 6.08 Å². The molecule has 1 rings (SSSR count). The maximum Gasteiger partial charge on any atom is 0.115 e. The van der Waals surface area contributed by atoms with Crippen molar-refractivity contribution in [1.29, 1.82) is 0 Å². The zero-order valence-corrected chi connectivity index (χ0v) is 4.55. The van der Waals surface area contributed by atoms with Crippen molar-refractivity contribution in [2.45, 2.75) is 6.42 Å². The van der Waals surface area contributed by atoms with Crippen LogP contribution in [0.4, 0.5) is 0 Å². The Morgan fingerprint density at radius 1 is 1.88 bits per heavy atom. The SMILES string of the molecule is C=CCc1[c]cco1. The third-order valence-electron chi connectivity index (χ3n) is 0.852. The molecule has 0 saturated heterocycles. The Labute approximate surface area is 48.6 Å². The van der Waals surface area contributed by atoms with Gasteiger partial charge in [-0.15, -0.1) is 6.58 Å². The van der Waals surface area contributed by atoms with Crippen molar-refractivity contribution in [3.63, 3.8) is 0 Å². The number of hydrogen-bond donors (Lipinski definition) is 0. The summed E-state index contributed by atoms with van der Waals surface area (Å²) in [6, 6.07) is 4.65. The van der Waals surface area contributed by atoms with Crippen LogP contribution in [0.1, 0.15) is 5.76 Å². The van der Waals surface area contributed by atoms with Crippen LogP contribution in [0.25, 0.3) is 0 Å². The maximum absolute atomic E-state index is 4.95. The summed E-state index contributed by atoms with van der Waals surface area (Å²) in [6.07, 6.45) is 4.17. The highest BCUT2D eigenvalue weighted by Gasteiger charge is 1.87. The van der Waals surface area contributed by atoms with Gasteiger partial charge < -0.3 is 4.42 Å². The van der Waals surface area contributed by atoms with Crippen molar-refractivity contribution in [2.24, 2.45) is 0 Å².